The summed E-state index contributed by atoms with van der Waals surface area (Å²) in [6.45, 7) is 0. The molecule has 2 atom stereocenters. The fourth-order valence-corrected chi connectivity index (χ4v) is 0.791. The quantitative estimate of drug-likeness (QED) is 0.374. The molecule has 2 heteroatoms. The monoisotopic (exact) mass is 124 g/mol. The second kappa shape index (κ2) is 2.10. The molecule has 9 heavy (non-hydrogen) atoms. The first-order chi connectivity index (χ1) is 4.29. The van der Waals surface area contributed by atoms with E-state index in [-0.39, 0.29) is 17.8 Å². The largest absolute Gasteiger partial charge is 0.469 e. The molecule has 0 unspecified atom stereocenters. The predicted octanol–water partition coefficient (Wildman–Crippen LogP) is 0.429. The van der Waals surface area contributed by atoms with Crippen LogP contribution in [-0.4, -0.2) is 13.1 Å². The molecule has 1 aliphatic rings. The average molecular weight is 124 g/mol. The van der Waals surface area contributed by atoms with Gasteiger partial charge in [-0.15, -0.1) is 12.3 Å². The Hall–Kier alpha value is -0.970. The number of hydrogen-bond acceptors (Lipinski definition) is 2. The summed E-state index contributed by atoms with van der Waals surface area (Å²) in [4.78, 5) is 10.6. The maximum absolute atomic E-state index is 10.6. The van der Waals surface area contributed by atoms with E-state index in [4.69, 9.17) is 6.42 Å². The molecule has 1 fully saturated rings. The second-order valence-electron chi connectivity index (χ2n) is 2.14. The summed E-state index contributed by atoms with van der Waals surface area (Å²) in [5, 5.41) is 0. The molecule has 0 spiro atoms. The lowest BCUT2D eigenvalue weighted by atomic mass is 10.3. The highest BCUT2D eigenvalue weighted by Gasteiger charge is 2.42. The Morgan fingerprint density at radius 2 is 2.56 bits per heavy atom. The summed E-state index contributed by atoms with van der Waals surface area (Å²) in [5.41, 5.74) is 0. The van der Waals surface area contributed by atoms with Crippen LogP contribution in [0.4, 0.5) is 0 Å². The van der Waals surface area contributed by atoms with Crippen molar-refractivity contribution in [3.8, 4) is 12.3 Å². The summed E-state index contributed by atoms with van der Waals surface area (Å²) < 4.78 is 4.47. The summed E-state index contributed by atoms with van der Waals surface area (Å²) in [5.74, 6) is 2.49. The van der Waals surface area contributed by atoms with Crippen LogP contribution in [0.1, 0.15) is 6.42 Å². The van der Waals surface area contributed by atoms with Gasteiger partial charge in [0.15, 0.2) is 0 Å². The van der Waals surface area contributed by atoms with Crippen molar-refractivity contribution in [2.45, 2.75) is 6.42 Å². The van der Waals surface area contributed by atoms with Crippen LogP contribution in [-0.2, 0) is 9.53 Å². The van der Waals surface area contributed by atoms with Crippen molar-refractivity contribution in [3.05, 3.63) is 0 Å². The van der Waals surface area contributed by atoms with Gasteiger partial charge in [-0.3, -0.25) is 4.79 Å². The van der Waals surface area contributed by atoms with Crippen molar-refractivity contribution in [1.29, 1.82) is 0 Å². The van der Waals surface area contributed by atoms with Crippen LogP contribution in [0.2, 0.25) is 0 Å². The summed E-state index contributed by atoms with van der Waals surface area (Å²) in [7, 11) is 1.38. The molecule has 1 aliphatic carbocycles. The Morgan fingerprint density at radius 3 is 2.89 bits per heavy atom. The van der Waals surface area contributed by atoms with Crippen LogP contribution in [0, 0.1) is 24.2 Å². The molecule has 0 heterocycles. The number of carbonyl (C=O) groups excluding carboxylic acids is 1. The number of ether oxygens (including phenoxy) is 1. The minimum atomic E-state index is -0.169. The highest BCUT2D eigenvalue weighted by Crippen LogP contribution is 2.38. The minimum Gasteiger partial charge on any atom is -0.469 e. The van der Waals surface area contributed by atoms with E-state index in [0.29, 0.717) is 0 Å². The SMILES string of the molecule is C#C[C@@H]1C[C@H]1C(=O)OC. The Balaban J connectivity index is 2.36. The molecule has 0 amide bonds. The van der Waals surface area contributed by atoms with Gasteiger partial charge in [0, 0.05) is 5.92 Å². The number of hydrogen-bond donors (Lipinski definition) is 0. The maximum Gasteiger partial charge on any atom is 0.309 e. The Kier molecular flexibility index (Phi) is 1.44. The molecule has 0 aromatic heterocycles. The van der Waals surface area contributed by atoms with E-state index in [9.17, 15) is 4.79 Å². The fraction of sp³-hybridized carbons (Fsp3) is 0.571. The van der Waals surface area contributed by atoms with Crippen molar-refractivity contribution in [1.82, 2.24) is 0 Å². The molecular formula is C7H8O2. The lowest BCUT2D eigenvalue weighted by molar-refractivity contribution is -0.142. The Labute approximate surface area is 54.2 Å². The third kappa shape index (κ3) is 1.05. The molecule has 0 aromatic rings. The van der Waals surface area contributed by atoms with E-state index < -0.39 is 0 Å². The van der Waals surface area contributed by atoms with Gasteiger partial charge in [0.05, 0.1) is 13.0 Å². The van der Waals surface area contributed by atoms with E-state index in [1.165, 1.54) is 7.11 Å². The lowest BCUT2D eigenvalue weighted by Gasteiger charge is -1.91. The Morgan fingerprint density at radius 1 is 1.89 bits per heavy atom. The van der Waals surface area contributed by atoms with E-state index in [1.807, 2.05) is 0 Å². The van der Waals surface area contributed by atoms with Crippen LogP contribution in [0.25, 0.3) is 0 Å². The van der Waals surface area contributed by atoms with Gasteiger partial charge in [-0.1, -0.05) is 0 Å². The van der Waals surface area contributed by atoms with E-state index in [1.54, 1.807) is 0 Å². The molecule has 0 radical (unpaired) electrons. The molecule has 0 bridgehead atoms. The number of rotatable bonds is 1. The number of esters is 1. The highest BCUT2D eigenvalue weighted by atomic mass is 16.5. The lowest BCUT2D eigenvalue weighted by Crippen LogP contribution is -2.03. The third-order valence-electron chi connectivity index (χ3n) is 1.51. The topological polar surface area (TPSA) is 26.3 Å². The van der Waals surface area contributed by atoms with Gasteiger partial charge >= 0.3 is 5.97 Å². The first kappa shape index (κ1) is 6.15. The third-order valence-corrected chi connectivity index (χ3v) is 1.51. The van der Waals surface area contributed by atoms with Crippen molar-refractivity contribution in [2.75, 3.05) is 7.11 Å². The standard InChI is InChI=1S/C7H8O2/c1-3-5-4-6(5)7(8)9-2/h1,5-6H,4H2,2H3/t5-,6-/m1/s1. The van der Waals surface area contributed by atoms with Crippen LogP contribution >= 0.6 is 0 Å². The molecule has 1 rings (SSSR count). The number of methoxy groups -OCH3 is 1. The molecular weight excluding hydrogens is 116 g/mol. The number of terminal acetylenes is 1. The zero-order chi connectivity index (χ0) is 6.85. The summed E-state index contributed by atoms with van der Waals surface area (Å²) in [6, 6.07) is 0. The van der Waals surface area contributed by atoms with Crippen LogP contribution in [0.5, 0.6) is 0 Å². The normalized spacial score (nSPS) is 30.7. The van der Waals surface area contributed by atoms with Crippen molar-refractivity contribution in [3.63, 3.8) is 0 Å². The molecule has 48 valence electrons. The van der Waals surface area contributed by atoms with Crippen molar-refractivity contribution in [2.24, 2.45) is 11.8 Å². The summed E-state index contributed by atoms with van der Waals surface area (Å²) in [6.07, 6.45) is 5.87. The van der Waals surface area contributed by atoms with Gasteiger partial charge in [0.2, 0.25) is 0 Å². The van der Waals surface area contributed by atoms with Gasteiger partial charge in [-0.25, -0.2) is 0 Å². The van der Waals surface area contributed by atoms with E-state index in [2.05, 4.69) is 10.7 Å². The van der Waals surface area contributed by atoms with Gasteiger partial charge < -0.3 is 4.74 Å². The highest BCUT2D eigenvalue weighted by molar-refractivity contribution is 5.76. The minimum absolute atomic E-state index is 0.000000000000000222. The maximum atomic E-state index is 10.6. The zero-order valence-corrected chi connectivity index (χ0v) is 5.26. The van der Waals surface area contributed by atoms with Crippen LogP contribution < -0.4 is 0 Å². The van der Waals surface area contributed by atoms with Gasteiger partial charge in [0.25, 0.3) is 0 Å². The zero-order valence-electron chi connectivity index (χ0n) is 5.26. The van der Waals surface area contributed by atoms with Crippen LogP contribution in [0.3, 0.4) is 0 Å². The first-order valence-corrected chi connectivity index (χ1v) is 2.83. The van der Waals surface area contributed by atoms with Crippen molar-refractivity contribution >= 4 is 5.97 Å². The Bertz CT molecular complexity index is 166. The van der Waals surface area contributed by atoms with Gasteiger partial charge in [-0.2, -0.15) is 0 Å². The summed E-state index contributed by atoms with van der Waals surface area (Å²) >= 11 is 0. The molecule has 0 N–H and O–H groups in total. The smallest absolute Gasteiger partial charge is 0.309 e. The van der Waals surface area contributed by atoms with E-state index >= 15 is 0 Å². The number of carbonyl (C=O) groups is 1. The molecule has 0 saturated heterocycles. The first-order valence-electron chi connectivity index (χ1n) is 2.83. The van der Waals surface area contributed by atoms with Gasteiger partial charge in [0.1, 0.15) is 0 Å². The predicted molar refractivity (Wildman–Crippen MR) is 32.4 cm³/mol. The molecule has 1 saturated carbocycles. The molecule has 0 aliphatic heterocycles. The molecule has 0 aromatic carbocycles. The van der Waals surface area contributed by atoms with Gasteiger partial charge in [-0.05, 0) is 6.42 Å². The average Bonchev–Trinajstić information content (AvgIpc) is 2.64. The van der Waals surface area contributed by atoms with Crippen molar-refractivity contribution < 1.29 is 9.53 Å². The van der Waals surface area contributed by atoms with Crippen LogP contribution in [0.15, 0.2) is 0 Å². The van der Waals surface area contributed by atoms with E-state index in [0.717, 1.165) is 6.42 Å². The fourth-order valence-electron chi connectivity index (χ4n) is 0.791. The molecule has 2 nitrogen and oxygen atoms in total. The second-order valence-corrected chi connectivity index (χ2v) is 2.14.